The lowest BCUT2D eigenvalue weighted by Gasteiger charge is -2.24. The second-order valence-corrected chi connectivity index (χ2v) is 6.90. The summed E-state index contributed by atoms with van der Waals surface area (Å²) in [5.74, 6) is 0. The molecule has 0 fully saturated rings. The van der Waals surface area contributed by atoms with Crippen molar-refractivity contribution in [1.82, 2.24) is 9.80 Å². The quantitative estimate of drug-likeness (QED) is 0.399. The maximum atomic E-state index is 2.45. The van der Waals surface area contributed by atoms with Crippen molar-refractivity contribution in [3.8, 4) is 0 Å². The van der Waals surface area contributed by atoms with Crippen molar-refractivity contribution < 1.29 is 0 Å². The van der Waals surface area contributed by atoms with E-state index in [-0.39, 0.29) is 0 Å². The van der Waals surface area contributed by atoms with Gasteiger partial charge in [-0.25, -0.2) is 0 Å². The second-order valence-electron chi connectivity index (χ2n) is 6.90. The van der Waals surface area contributed by atoms with Gasteiger partial charge < -0.3 is 9.80 Å². The molecule has 0 aliphatic carbocycles. The van der Waals surface area contributed by atoms with Crippen LogP contribution in [0.1, 0.15) is 91.4 Å². The first-order valence-electron chi connectivity index (χ1n) is 9.42. The van der Waals surface area contributed by atoms with Gasteiger partial charge in [0.05, 0.1) is 6.67 Å². The molecule has 0 saturated heterocycles. The Labute approximate surface area is 133 Å². The van der Waals surface area contributed by atoms with Crippen molar-refractivity contribution in [2.45, 2.75) is 97.4 Å². The Kier molecular flexibility index (Phi) is 10.5. The SMILES string of the molecule is CCCCCCCCCCCCCN1C=CN(C(C)C)C1. The molecule has 0 aromatic heterocycles. The van der Waals surface area contributed by atoms with Gasteiger partial charge in [0.15, 0.2) is 0 Å². The highest BCUT2D eigenvalue weighted by molar-refractivity contribution is 4.91. The van der Waals surface area contributed by atoms with Gasteiger partial charge in [-0.2, -0.15) is 0 Å². The highest BCUT2D eigenvalue weighted by atomic mass is 15.3. The molecule has 0 N–H and O–H groups in total. The van der Waals surface area contributed by atoms with Crippen LogP contribution in [0.3, 0.4) is 0 Å². The average Bonchev–Trinajstić information content (AvgIpc) is 2.94. The summed E-state index contributed by atoms with van der Waals surface area (Å²) in [6, 6.07) is 0.628. The zero-order valence-corrected chi connectivity index (χ0v) is 14.8. The van der Waals surface area contributed by atoms with Crippen molar-refractivity contribution in [3.05, 3.63) is 12.4 Å². The molecule has 0 spiro atoms. The van der Waals surface area contributed by atoms with Gasteiger partial charge in [0.25, 0.3) is 0 Å². The molecule has 0 radical (unpaired) electrons. The van der Waals surface area contributed by atoms with Gasteiger partial charge in [0, 0.05) is 25.0 Å². The van der Waals surface area contributed by atoms with E-state index in [0.29, 0.717) is 6.04 Å². The lowest BCUT2D eigenvalue weighted by atomic mass is 10.1. The van der Waals surface area contributed by atoms with Crippen LogP contribution in [0, 0.1) is 0 Å². The third-order valence-electron chi connectivity index (χ3n) is 4.53. The molecule has 1 aliphatic rings. The molecular formula is C19H38N2. The predicted molar refractivity (Wildman–Crippen MR) is 94.1 cm³/mol. The summed E-state index contributed by atoms with van der Waals surface area (Å²) in [6.07, 6.45) is 20.2. The van der Waals surface area contributed by atoms with Gasteiger partial charge in [-0.15, -0.1) is 0 Å². The first-order valence-corrected chi connectivity index (χ1v) is 9.42. The lowest BCUT2D eigenvalue weighted by Crippen LogP contribution is -2.30. The number of rotatable bonds is 13. The summed E-state index contributed by atoms with van der Waals surface area (Å²) in [5, 5.41) is 0. The van der Waals surface area contributed by atoms with E-state index in [1.165, 1.54) is 77.2 Å². The fourth-order valence-corrected chi connectivity index (χ4v) is 2.94. The normalized spacial score (nSPS) is 14.7. The zero-order valence-electron chi connectivity index (χ0n) is 14.8. The molecule has 0 saturated carbocycles. The van der Waals surface area contributed by atoms with Crippen LogP contribution in [0.25, 0.3) is 0 Å². The van der Waals surface area contributed by atoms with E-state index >= 15 is 0 Å². The van der Waals surface area contributed by atoms with E-state index in [9.17, 15) is 0 Å². The first-order chi connectivity index (χ1) is 10.2. The van der Waals surface area contributed by atoms with Crippen molar-refractivity contribution in [3.63, 3.8) is 0 Å². The Hall–Kier alpha value is -0.660. The van der Waals surface area contributed by atoms with E-state index in [2.05, 4.69) is 43.0 Å². The van der Waals surface area contributed by atoms with E-state index in [1.54, 1.807) is 0 Å². The number of hydrogen-bond acceptors (Lipinski definition) is 2. The molecule has 1 heterocycles. The molecule has 0 amide bonds. The summed E-state index contributed by atoms with van der Waals surface area (Å²) < 4.78 is 0. The third kappa shape index (κ3) is 9.06. The highest BCUT2D eigenvalue weighted by Crippen LogP contribution is 2.13. The number of unbranched alkanes of at least 4 members (excludes halogenated alkanes) is 10. The maximum absolute atomic E-state index is 2.45. The van der Waals surface area contributed by atoms with E-state index < -0.39 is 0 Å². The average molecular weight is 295 g/mol. The molecule has 0 unspecified atom stereocenters. The summed E-state index contributed by atoms with van der Waals surface area (Å²) in [5.41, 5.74) is 0. The topological polar surface area (TPSA) is 6.48 Å². The Morgan fingerprint density at radius 2 is 1.29 bits per heavy atom. The predicted octanol–water partition coefficient (Wildman–Crippen LogP) is 5.75. The molecule has 1 aliphatic heterocycles. The number of hydrogen-bond donors (Lipinski definition) is 0. The largest absolute Gasteiger partial charge is 0.359 e. The minimum absolute atomic E-state index is 0.628. The summed E-state index contributed by atoms with van der Waals surface area (Å²) in [4.78, 5) is 4.85. The van der Waals surface area contributed by atoms with E-state index in [0.717, 1.165) is 6.67 Å². The summed E-state index contributed by atoms with van der Waals surface area (Å²) in [7, 11) is 0. The van der Waals surface area contributed by atoms with Crippen molar-refractivity contribution in [1.29, 1.82) is 0 Å². The Bertz CT molecular complexity index is 260. The third-order valence-corrected chi connectivity index (χ3v) is 4.53. The van der Waals surface area contributed by atoms with Crippen LogP contribution in [0.2, 0.25) is 0 Å². The van der Waals surface area contributed by atoms with Crippen LogP contribution in [-0.4, -0.2) is 29.1 Å². The van der Waals surface area contributed by atoms with E-state index in [4.69, 9.17) is 0 Å². The molecule has 124 valence electrons. The molecule has 1 rings (SSSR count). The van der Waals surface area contributed by atoms with Gasteiger partial charge in [0.1, 0.15) is 0 Å². The fourth-order valence-electron chi connectivity index (χ4n) is 2.94. The molecule has 0 aromatic rings. The monoisotopic (exact) mass is 294 g/mol. The van der Waals surface area contributed by atoms with Crippen molar-refractivity contribution in [2.24, 2.45) is 0 Å². The van der Waals surface area contributed by atoms with Gasteiger partial charge in [0.2, 0.25) is 0 Å². The highest BCUT2D eigenvalue weighted by Gasteiger charge is 2.13. The second kappa shape index (κ2) is 11.9. The van der Waals surface area contributed by atoms with Crippen LogP contribution in [-0.2, 0) is 0 Å². The summed E-state index contributed by atoms with van der Waals surface area (Å²) >= 11 is 0. The Balaban J connectivity index is 1.80. The minimum Gasteiger partial charge on any atom is -0.359 e. The zero-order chi connectivity index (χ0) is 15.3. The maximum Gasteiger partial charge on any atom is 0.0896 e. The molecule has 0 aromatic carbocycles. The van der Waals surface area contributed by atoms with Gasteiger partial charge >= 0.3 is 0 Å². The molecule has 2 heteroatoms. The first kappa shape index (κ1) is 18.4. The van der Waals surface area contributed by atoms with Crippen LogP contribution in [0.4, 0.5) is 0 Å². The van der Waals surface area contributed by atoms with Crippen LogP contribution in [0.15, 0.2) is 12.4 Å². The van der Waals surface area contributed by atoms with E-state index in [1.807, 2.05) is 0 Å². The Morgan fingerprint density at radius 3 is 1.76 bits per heavy atom. The van der Waals surface area contributed by atoms with Crippen molar-refractivity contribution in [2.75, 3.05) is 13.2 Å². The molecule has 0 atom stereocenters. The Morgan fingerprint density at radius 1 is 0.762 bits per heavy atom. The fraction of sp³-hybridized carbons (Fsp3) is 0.895. The molecule has 0 bridgehead atoms. The van der Waals surface area contributed by atoms with Gasteiger partial charge in [-0.3, -0.25) is 0 Å². The van der Waals surface area contributed by atoms with Crippen LogP contribution in [0.5, 0.6) is 0 Å². The van der Waals surface area contributed by atoms with Crippen LogP contribution >= 0.6 is 0 Å². The lowest BCUT2D eigenvalue weighted by molar-refractivity contribution is 0.228. The molecule has 2 nitrogen and oxygen atoms in total. The summed E-state index contributed by atoms with van der Waals surface area (Å²) in [6.45, 7) is 9.14. The smallest absolute Gasteiger partial charge is 0.0896 e. The van der Waals surface area contributed by atoms with Crippen molar-refractivity contribution >= 4 is 0 Å². The number of nitrogens with zero attached hydrogens (tertiary/aromatic N) is 2. The van der Waals surface area contributed by atoms with Gasteiger partial charge in [-0.1, -0.05) is 71.1 Å². The van der Waals surface area contributed by atoms with Gasteiger partial charge in [-0.05, 0) is 20.3 Å². The molecular weight excluding hydrogens is 256 g/mol. The molecule has 21 heavy (non-hydrogen) atoms. The minimum atomic E-state index is 0.628. The van der Waals surface area contributed by atoms with Crippen LogP contribution < -0.4 is 0 Å². The standard InChI is InChI=1S/C19H38N2/c1-4-5-6-7-8-9-10-11-12-13-14-15-20-16-17-21(18-20)19(2)3/h16-17,19H,4-15,18H2,1-3H3.